The second-order valence-corrected chi connectivity index (χ2v) is 10.4. The lowest BCUT2D eigenvalue weighted by Gasteiger charge is -2.19. The molecule has 0 aliphatic rings. The molecule has 0 spiro atoms. The molecule has 218 valence electrons. The van der Waals surface area contributed by atoms with Crippen LogP contribution in [0.3, 0.4) is 0 Å². The second kappa shape index (κ2) is 13.7. The summed E-state index contributed by atoms with van der Waals surface area (Å²) in [5, 5.41) is 33.2. The Morgan fingerprint density at radius 1 is 1.14 bits per heavy atom. The standard InChI is InChI=1S/C27H32N12O2S/c1-15-10-16(2)21(17(3)11-15)32-26-33-24(29-8-7-9-40)22(25(34-26)30-18(4)14-41-6)35-36-23-20(12-28)13-39(37-23)27-31-19(5)38-42-27/h9-11,13,18H,7-8,14H2,1-6H3,(H3,29,30,32,33,34). The van der Waals surface area contributed by atoms with E-state index in [0.717, 1.165) is 40.2 Å². The minimum atomic E-state index is -0.146. The molecule has 0 aliphatic carbocycles. The number of azo groups is 1. The van der Waals surface area contributed by atoms with Gasteiger partial charge in [0.1, 0.15) is 23.7 Å². The van der Waals surface area contributed by atoms with Gasteiger partial charge in [-0.1, -0.05) is 17.7 Å². The van der Waals surface area contributed by atoms with Crippen LogP contribution in [0, 0.1) is 39.0 Å². The number of methoxy groups -OCH3 is 1. The van der Waals surface area contributed by atoms with Crippen LogP contribution in [-0.2, 0) is 9.53 Å². The van der Waals surface area contributed by atoms with Crippen LogP contribution in [0.15, 0.2) is 28.6 Å². The molecule has 0 saturated heterocycles. The summed E-state index contributed by atoms with van der Waals surface area (Å²) in [5.41, 5.74) is 4.61. The number of anilines is 4. The summed E-state index contributed by atoms with van der Waals surface area (Å²) in [4.78, 5) is 24.8. The van der Waals surface area contributed by atoms with Crippen molar-refractivity contribution in [1.82, 2.24) is 29.1 Å². The molecule has 1 atom stereocenters. The van der Waals surface area contributed by atoms with Gasteiger partial charge in [0.15, 0.2) is 17.3 Å². The predicted molar refractivity (Wildman–Crippen MR) is 161 cm³/mol. The highest BCUT2D eigenvalue weighted by Crippen LogP contribution is 2.36. The summed E-state index contributed by atoms with van der Waals surface area (Å²) >= 11 is 1.15. The maximum absolute atomic E-state index is 11.1. The van der Waals surface area contributed by atoms with Crippen LogP contribution >= 0.6 is 11.5 Å². The number of nitrogens with zero attached hydrogens (tertiary/aromatic N) is 9. The van der Waals surface area contributed by atoms with Gasteiger partial charge >= 0.3 is 0 Å². The zero-order chi connectivity index (χ0) is 30.2. The molecule has 1 unspecified atom stereocenters. The Labute approximate surface area is 247 Å². The largest absolute Gasteiger partial charge is 0.383 e. The van der Waals surface area contributed by atoms with Crippen LogP contribution in [0.25, 0.3) is 5.13 Å². The van der Waals surface area contributed by atoms with Crippen molar-refractivity contribution < 1.29 is 9.53 Å². The SMILES string of the molecule is COCC(C)Nc1nc(Nc2c(C)cc(C)cc2C)nc(NCCC=O)c1N=Nc1nn(-c2nc(C)ns2)cc1C#N. The van der Waals surface area contributed by atoms with Gasteiger partial charge in [0, 0.05) is 43.3 Å². The molecule has 3 N–H and O–H groups in total. The molecule has 0 bridgehead atoms. The van der Waals surface area contributed by atoms with Gasteiger partial charge in [0.2, 0.25) is 16.9 Å². The van der Waals surface area contributed by atoms with E-state index in [4.69, 9.17) is 9.72 Å². The number of hydrogen-bond donors (Lipinski definition) is 3. The van der Waals surface area contributed by atoms with Gasteiger partial charge in [-0.2, -0.15) is 19.6 Å². The van der Waals surface area contributed by atoms with Crippen molar-refractivity contribution in [1.29, 1.82) is 5.26 Å². The molecule has 4 aromatic rings. The average Bonchev–Trinajstić information content (AvgIpc) is 3.56. The lowest BCUT2D eigenvalue weighted by Crippen LogP contribution is -2.22. The number of benzene rings is 1. The van der Waals surface area contributed by atoms with Gasteiger partial charge < -0.3 is 25.5 Å². The number of rotatable bonds is 13. The number of ether oxygens (including phenoxy) is 1. The normalized spacial score (nSPS) is 11.8. The molecular formula is C27H32N12O2S. The molecule has 42 heavy (non-hydrogen) atoms. The summed E-state index contributed by atoms with van der Waals surface area (Å²) in [5.74, 6) is 1.72. The number of carbonyl (C=O) groups excluding carboxylic acids is 1. The molecule has 15 heteroatoms. The Morgan fingerprint density at radius 3 is 2.52 bits per heavy atom. The Balaban J connectivity index is 1.80. The molecule has 14 nitrogen and oxygen atoms in total. The van der Waals surface area contributed by atoms with Crippen molar-refractivity contribution in [3.63, 3.8) is 0 Å². The number of nitrogens with one attached hydrogen (secondary N) is 3. The van der Waals surface area contributed by atoms with Crippen LogP contribution in [0.4, 0.5) is 34.8 Å². The Morgan fingerprint density at radius 2 is 1.88 bits per heavy atom. The molecule has 0 radical (unpaired) electrons. The lowest BCUT2D eigenvalue weighted by atomic mass is 10.1. The monoisotopic (exact) mass is 588 g/mol. The molecule has 4 rings (SSSR count). The van der Waals surface area contributed by atoms with E-state index in [9.17, 15) is 10.1 Å². The van der Waals surface area contributed by atoms with E-state index >= 15 is 0 Å². The van der Waals surface area contributed by atoms with Crippen molar-refractivity contribution in [2.75, 3.05) is 36.2 Å². The highest BCUT2D eigenvalue weighted by Gasteiger charge is 2.19. The van der Waals surface area contributed by atoms with Crippen molar-refractivity contribution in [3.8, 4) is 11.2 Å². The van der Waals surface area contributed by atoms with E-state index in [1.54, 1.807) is 14.0 Å². The first-order valence-electron chi connectivity index (χ1n) is 13.1. The first-order chi connectivity index (χ1) is 20.2. The number of aldehydes is 1. The van der Waals surface area contributed by atoms with Gasteiger partial charge in [0.05, 0.1) is 12.8 Å². The smallest absolute Gasteiger partial charge is 0.231 e. The van der Waals surface area contributed by atoms with E-state index in [1.807, 2.05) is 27.7 Å². The first-order valence-corrected chi connectivity index (χ1v) is 13.9. The number of aromatic nitrogens is 6. The first kappa shape index (κ1) is 30.2. The van der Waals surface area contributed by atoms with Gasteiger partial charge in [0.25, 0.3) is 0 Å². The van der Waals surface area contributed by atoms with E-state index in [1.165, 1.54) is 10.9 Å². The number of nitriles is 1. The van der Waals surface area contributed by atoms with Crippen molar-refractivity contribution in [3.05, 3.63) is 46.4 Å². The molecular weight excluding hydrogens is 556 g/mol. The van der Waals surface area contributed by atoms with E-state index in [2.05, 4.69) is 63.8 Å². The second-order valence-electron chi connectivity index (χ2n) is 9.62. The quantitative estimate of drug-likeness (QED) is 0.106. The third-order valence-corrected chi connectivity index (χ3v) is 6.72. The van der Waals surface area contributed by atoms with Crippen molar-refractivity contribution in [2.45, 2.75) is 47.1 Å². The number of hydrogen-bond acceptors (Lipinski definition) is 14. The zero-order valence-corrected chi connectivity index (χ0v) is 25.1. The predicted octanol–water partition coefficient (Wildman–Crippen LogP) is 5.23. The maximum atomic E-state index is 11.1. The summed E-state index contributed by atoms with van der Waals surface area (Å²) in [6.07, 6.45) is 2.59. The van der Waals surface area contributed by atoms with Gasteiger partial charge in [-0.05, 0) is 45.7 Å². The third kappa shape index (κ3) is 7.28. The minimum absolute atomic E-state index is 0.0909. The fourth-order valence-corrected chi connectivity index (χ4v) is 4.79. The number of carbonyl (C=O) groups is 1. The van der Waals surface area contributed by atoms with E-state index in [-0.39, 0.29) is 29.5 Å². The fourth-order valence-electron chi connectivity index (χ4n) is 4.18. The van der Waals surface area contributed by atoms with Crippen LogP contribution < -0.4 is 16.0 Å². The van der Waals surface area contributed by atoms with E-state index < -0.39 is 0 Å². The van der Waals surface area contributed by atoms with Crippen molar-refractivity contribution >= 4 is 52.6 Å². The molecule has 0 amide bonds. The summed E-state index contributed by atoms with van der Waals surface area (Å²) in [7, 11) is 1.61. The Kier molecular flexibility index (Phi) is 9.84. The van der Waals surface area contributed by atoms with Gasteiger partial charge in [-0.3, -0.25) is 0 Å². The highest BCUT2D eigenvalue weighted by molar-refractivity contribution is 7.08. The fraction of sp³-hybridized carbons (Fsp3) is 0.370. The lowest BCUT2D eigenvalue weighted by molar-refractivity contribution is -0.107. The molecule has 0 fully saturated rings. The van der Waals surface area contributed by atoms with Gasteiger partial charge in [-0.25, -0.2) is 9.67 Å². The van der Waals surface area contributed by atoms with Gasteiger partial charge in [-0.15, -0.1) is 15.3 Å². The van der Waals surface area contributed by atoms with Crippen LogP contribution in [0.1, 0.15) is 41.4 Å². The minimum Gasteiger partial charge on any atom is -0.383 e. The zero-order valence-electron chi connectivity index (χ0n) is 24.3. The third-order valence-electron chi connectivity index (χ3n) is 5.93. The summed E-state index contributed by atoms with van der Waals surface area (Å²) < 4.78 is 10.9. The van der Waals surface area contributed by atoms with Crippen molar-refractivity contribution in [2.24, 2.45) is 10.2 Å². The molecule has 3 aromatic heterocycles. The molecule has 0 saturated carbocycles. The summed E-state index contributed by atoms with van der Waals surface area (Å²) in [6.45, 7) is 10.5. The van der Waals surface area contributed by atoms with Crippen LogP contribution in [-0.4, -0.2) is 61.7 Å². The van der Waals surface area contributed by atoms with Crippen LogP contribution in [0.5, 0.6) is 0 Å². The number of aryl methyl sites for hydroxylation is 4. The molecule has 3 heterocycles. The summed E-state index contributed by atoms with van der Waals surface area (Å²) in [6, 6.07) is 6.10. The Bertz CT molecular complexity index is 1620. The molecule has 0 aliphatic heterocycles. The average molecular weight is 589 g/mol. The van der Waals surface area contributed by atoms with Crippen LogP contribution in [0.2, 0.25) is 0 Å². The molecule has 1 aromatic carbocycles. The Hall–Kier alpha value is -4.81. The topological polar surface area (TPSA) is 180 Å². The van der Waals surface area contributed by atoms with E-state index in [0.29, 0.717) is 41.7 Å². The highest BCUT2D eigenvalue weighted by atomic mass is 32.1. The maximum Gasteiger partial charge on any atom is 0.231 e.